The van der Waals surface area contributed by atoms with Gasteiger partial charge in [0.1, 0.15) is 17.3 Å². The summed E-state index contributed by atoms with van der Waals surface area (Å²) < 4.78 is 18.6. The van der Waals surface area contributed by atoms with E-state index in [2.05, 4.69) is 5.32 Å². The van der Waals surface area contributed by atoms with Gasteiger partial charge in [0.25, 0.3) is 5.91 Å². The monoisotopic (exact) mass is 295 g/mol. The van der Waals surface area contributed by atoms with Gasteiger partial charge in [0.15, 0.2) is 0 Å². The van der Waals surface area contributed by atoms with Crippen molar-refractivity contribution in [2.24, 2.45) is 0 Å². The number of nitrogens with one attached hydrogen (secondary N) is 1. The largest absolute Gasteiger partial charge is 0.508 e. The second-order valence-corrected chi connectivity index (χ2v) is 4.40. The zero-order valence-electron chi connectivity index (χ0n) is 10.5. The summed E-state index contributed by atoms with van der Waals surface area (Å²) in [6, 6.07) is 7.96. The van der Waals surface area contributed by atoms with Crippen molar-refractivity contribution >= 4 is 23.2 Å². The van der Waals surface area contributed by atoms with Crippen LogP contribution in [0.25, 0.3) is 0 Å². The number of benzene rings is 2. The van der Waals surface area contributed by atoms with E-state index in [4.69, 9.17) is 21.4 Å². The maximum absolute atomic E-state index is 13.5. The van der Waals surface area contributed by atoms with Gasteiger partial charge in [0, 0.05) is 11.1 Å². The molecule has 0 aliphatic heterocycles. The molecule has 20 heavy (non-hydrogen) atoms. The number of methoxy groups -OCH3 is 1. The fourth-order valence-electron chi connectivity index (χ4n) is 1.65. The Kier molecular flexibility index (Phi) is 4.10. The fraction of sp³-hybridized carbons (Fsp3) is 0.0714. The van der Waals surface area contributed by atoms with Gasteiger partial charge in [-0.3, -0.25) is 4.79 Å². The molecule has 0 aliphatic rings. The zero-order valence-corrected chi connectivity index (χ0v) is 11.2. The first-order valence-corrected chi connectivity index (χ1v) is 6.02. The molecule has 2 aromatic rings. The molecule has 0 aliphatic carbocycles. The molecule has 2 N–H and O–H groups in total. The molecule has 1 amide bonds. The highest BCUT2D eigenvalue weighted by Crippen LogP contribution is 2.25. The van der Waals surface area contributed by atoms with E-state index in [1.807, 2.05) is 0 Å². The number of hydrogen-bond donors (Lipinski definition) is 2. The van der Waals surface area contributed by atoms with Crippen molar-refractivity contribution in [2.45, 2.75) is 0 Å². The standard InChI is InChI=1S/C14H11ClFNO3/c1-20-13-6-8(15)2-4-10(13)14(19)17-12-5-3-9(18)7-11(12)16/h2-7,18H,1H3,(H,17,19). The van der Waals surface area contributed by atoms with Crippen molar-refractivity contribution in [3.63, 3.8) is 0 Å². The predicted molar refractivity (Wildman–Crippen MR) is 74.0 cm³/mol. The smallest absolute Gasteiger partial charge is 0.259 e. The van der Waals surface area contributed by atoms with Gasteiger partial charge in [-0.2, -0.15) is 0 Å². The molecule has 0 heterocycles. The summed E-state index contributed by atoms with van der Waals surface area (Å²) in [6.45, 7) is 0. The number of phenolic OH excluding ortho intramolecular Hbond substituents is 1. The molecule has 104 valence electrons. The summed E-state index contributed by atoms with van der Waals surface area (Å²) in [4.78, 5) is 12.1. The number of aromatic hydroxyl groups is 1. The Hall–Kier alpha value is -2.27. The summed E-state index contributed by atoms with van der Waals surface area (Å²) in [5, 5.41) is 11.9. The zero-order chi connectivity index (χ0) is 14.7. The first-order chi connectivity index (χ1) is 9.51. The van der Waals surface area contributed by atoms with E-state index >= 15 is 0 Å². The predicted octanol–water partition coefficient (Wildman–Crippen LogP) is 3.45. The van der Waals surface area contributed by atoms with Crippen LogP contribution in [0.15, 0.2) is 36.4 Å². The van der Waals surface area contributed by atoms with Crippen molar-refractivity contribution in [1.82, 2.24) is 0 Å². The van der Waals surface area contributed by atoms with Crippen LogP contribution in [0.5, 0.6) is 11.5 Å². The van der Waals surface area contributed by atoms with Crippen molar-refractivity contribution in [3.05, 3.63) is 52.8 Å². The number of halogens is 2. The Labute approximate surface area is 119 Å². The highest BCUT2D eigenvalue weighted by atomic mass is 35.5. The molecule has 0 spiro atoms. The lowest BCUT2D eigenvalue weighted by Crippen LogP contribution is -2.14. The number of phenols is 1. The number of carbonyl (C=O) groups excluding carboxylic acids is 1. The van der Waals surface area contributed by atoms with E-state index < -0.39 is 11.7 Å². The van der Waals surface area contributed by atoms with Crippen LogP contribution >= 0.6 is 11.6 Å². The number of amides is 1. The molecule has 4 nitrogen and oxygen atoms in total. The minimum absolute atomic E-state index is 0.0372. The highest BCUT2D eigenvalue weighted by molar-refractivity contribution is 6.31. The fourth-order valence-corrected chi connectivity index (χ4v) is 1.81. The Morgan fingerprint density at radius 3 is 2.70 bits per heavy atom. The lowest BCUT2D eigenvalue weighted by Gasteiger charge is -2.10. The number of hydrogen-bond acceptors (Lipinski definition) is 3. The molecule has 0 radical (unpaired) electrons. The molecular weight excluding hydrogens is 285 g/mol. The van der Waals surface area contributed by atoms with Gasteiger partial charge in [0.05, 0.1) is 18.4 Å². The van der Waals surface area contributed by atoms with Gasteiger partial charge in [-0.15, -0.1) is 0 Å². The van der Waals surface area contributed by atoms with Crippen LogP contribution in [0.3, 0.4) is 0 Å². The van der Waals surface area contributed by atoms with Crippen LogP contribution in [0, 0.1) is 5.82 Å². The quantitative estimate of drug-likeness (QED) is 0.853. The molecular formula is C14H11ClFNO3. The molecule has 0 aromatic heterocycles. The molecule has 0 atom stereocenters. The third kappa shape index (κ3) is 3.00. The summed E-state index contributed by atoms with van der Waals surface area (Å²) in [6.07, 6.45) is 0. The Morgan fingerprint density at radius 1 is 1.30 bits per heavy atom. The van der Waals surface area contributed by atoms with E-state index in [9.17, 15) is 9.18 Å². The van der Waals surface area contributed by atoms with Crippen LogP contribution in [-0.4, -0.2) is 18.1 Å². The van der Waals surface area contributed by atoms with Crippen LogP contribution in [0.1, 0.15) is 10.4 Å². The average molecular weight is 296 g/mol. The van der Waals surface area contributed by atoms with Gasteiger partial charge in [-0.1, -0.05) is 11.6 Å². The summed E-state index contributed by atoms with van der Waals surface area (Å²) in [5.41, 5.74) is 0.189. The van der Waals surface area contributed by atoms with Crippen molar-refractivity contribution < 1.29 is 19.0 Å². The third-order valence-corrected chi connectivity index (χ3v) is 2.84. The van der Waals surface area contributed by atoms with Gasteiger partial charge >= 0.3 is 0 Å². The second-order valence-electron chi connectivity index (χ2n) is 3.96. The molecule has 0 bridgehead atoms. The van der Waals surface area contributed by atoms with Crippen LogP contribution in [0.4, 0.5) is 10.1 Å². The lowest BCUT2D eigenvalue weighted by molar-refractivity contribution is 0.102. The molecule has 0 saturated heterocycles. The van der Waals surface area contributed by atoms with E-state index in [0.717, 1.165) is 6.07 Å². The topological polar surface area (TPSA) is 58.6 Å². The van der Waals surface area contributed by atoms with E-state index in [-0.39, 0.29) is 22.7 Å². The normalized spacial score (nSPS) is 10.2. The maximum Gasteiger partial charge on any atom is 0.259 e. The average Bonchev–Trinajstić information content (AvgIpc) is 2.41. The van der Waals surface area contributed by atoms with Gasteiger partial charge in [0.2, 0.25) is 0 Å². The molecule has 0 fully saturated rings. The molecule has 2 aromatic carbocycles. The first kappa shape index (κ1) is 14.1. The maximum atomic E-state index is 13.5. The minimum Gasteiger partial charge on any atom is -0.508 e. The summed E-state index contributed by atoms with van der Waals surface area (Å²) >= 11 is 5.80. The summed E-state index contributed by atoms with van der Waals surface area (Å²) in [7, 11) is 1.41. The first-order valence-electron chi connectivity index (χ1n) is 5.64. The Balaban J connectivity index is 2.28. The van der Waals surface area contributed by atoms with Gasteiger partial charge in [-0.05, 0) is 30.3 Å². The van der Waals surface area contributed by atoms with Crippen molar-refractivity contribution in [3.8, 4) is 11.5 Å². The Morgan fingerprint density at radius 2 is 2.05 bits per heavy atom. The molecule has 0 saturated carbocycles. The highest BCUT2D eigenvalue weighted by Gasteiger charge is 2.14. The third-order valence-electron chi connectivity index (χ3n) is 2.61. The van der Waals surface area contributed by atoms with E-state index in [1.165, 1.54) is 37.4 Å². The van der Waals surface area contributed by atoms with Crippen molar-refractivity contribution in [1.29, 1.82) is 0 Å². The number of anilines is 1. The SMILES string of the molecule is COc1cc(Cl)ccc1C(=O)Nc1ccc(O)cc1F. The van der Waals surface area contributed by atoms with Gasteiger partial charge < -0.3 is 15.2 Å². The van der Waals surface area contributed by atoms with E-state index in [1.54, 1.807) is 0 Å². The molecule has 6 heteroatoms. The lowest BCUT2D eigenvalue weighted by atomic mass is 10.1. The van der Waals surface area contributed by atoms with Gasteiger partial charge in [-0.25, -0.2) is 4.39 Å². The molecule has 2 rings (SSSR count). The van der Waals surface area contributed by atoms with Crippen LogP contribution in [-0.2, 0) is 0 Å². The number of rotatable bonds is 3. The van der Waals surface area contributed by atoms with Crippen LogP contribution in [0.2, 0.25) is 5.02 Å². The van der Waals surface area contributed by atoms with E-state index in [0.29, 0.717) is 5.02 Å². The Bertz CT molecular complexity index is 661. The van der Waals surface area contributed by atoms with Crippen molar-refractivity contribution in [2.75, 3.05) is 12.4 Å². The van der Waals surface area contributed by atoms with Crippen LogP contribution < -0.4 is 10.1 Å². The summed E-state index contributed by atoms with van der Waals surface area (Å²) in [5.74, 6) is -1.20. The minimum atomic E-state index is -0.730. The number of carbonyl (C=O) groups is 1. The second kappa shape index (κ2) is 5.79. The number of ether oxygens (including phenoxy) is 1. The molecule has 0 unspecified atom stereocenters.